The van der Waals surface area contributed by atoms with Crippen molar-refractivity contribution in [2.75, 3.05) is 6.54 Å². The van der Waals surface area contributed by atoms with Crippen LogP contribution in [-0.4, -0.2) is 6.54 Å². The minimum Gasteiger partial charge on any atom is -0.330 e. The molecular formula is C13H21N. The van der Waals surface area contributed by atoms with E-state index in [9.17, 15) is 0 Å². The molecule has 2 fully saturated rings. The Labute approximate surface area is 86.8 Å². The van der Waals surface area contributed by atoms with Crippen LogP contribution in [-0.2, 0) is 0 Å². The van der Waals surface area contributed by atoms with E-state index in [-0.39, 0.29) is 0 Å². The van der Waals surface area contributed by atoms with Gasteiger partial charge in [0.1, 0.15) is 0 Å². The maximum absolute atomic E-state index is 5.74. The summed E-state index contributed by atoms with van der Waals surface area (Å²) in [7, 11) is 0. The van der Waals surface area contributed by atoms with Crippen LogP contribution in [0.25, 0.3) is 0 Å². The van der Waals surface area contributed by atoms with E-state index < -0.39 is 0 Å². The van der Waals surface area contributed by atoms with E-state index in [1.807, 2.05) is 0 Å². The van der Waals surface area contributed by atoms with Gasteiger partial charge in [-0.25, -0.2) is 0 Å². The molecule has 0 saturated heterocycles. The predicted octanol–water partition coefficient (Wildman–Crippen LogP) is 2.72. The SMILES string of the molecule is NCC1CC2CC(CCC3CC3)=CC12. The third-order valence-corrected chi connectivity index (χ3v) is 4.52. The molecule has 3 unspecified atom stereocenters. The summed E-state index contributed by atoms with van der Waals surface area (Å²) in [5, 5.41) is 0. The van der Waals surface area contributed by atoms with E-state index in [1.165, 1.54) is 38.5 Å². The van der Waals surface area contributed by atoms with Gasteiger partial charge in [0.25, 0.3) is 0 Å². The Morgan fingerprint density at radius 1 is 1.36 bits per heavy atom. The fourth-order valence-corrected chi connectivity index (χ4v) is 3.30. The van der Waals surface area contributed by atoms with Crippen molar-refractivity contribution in [1.29, 1.82) is 0 Å². The van der Waals surface area contributed by atoms with Gasteiger partial charge in [0.2, 0.25) is 0 Å². The van der Waals surface area contributed by atoms with E-state index in [4.69, 9.17) is 5.73 Å². The standard InChI is InChI=1S/C13H21N/c14-8-12-7-11-5-10(6-13(11)12)4-3-9-1-2-9/h6,9,11-13H,1-5,7-8,14H2. The summed E-state index contributed by atoms with van der Waals surface area (Å²) < 4.78 is 0. The highest BCUT2D eigenvalue weighted by Gasteiger charge is 2.42. The van der Waals surface area contributed by atoms with Crippen LogP contribution in [0.15, 0.2) is 11.6 Å². The van der Waals surface area contributed by atoms with E-state index in [0.29, 0.717) is 0 Å². The first kappa shape index (κ1) is 8.96. The Bertz CT molecular complexity index is 252. The van der Waals surface area contributed by atoms with Gasteiger partial charge in [-0.15, -0.1) is 0 Å². The molecule has 0 aliphatic heterocycles. The lowest BCUT2D eigenvalue weighted by Gasteiger charge is -2.39. The van der Waals surface area contributed by atoms with Gasteiger partial charge in [0.15, 0.2) is 0 Å². The Balaban J connectivity index is 1.52. The molecule has 0 radical (unpaired) electrons. The van der Waals surface area contributed by atoms with Crippen molar-refractivity contribution in [3.05, 3.63) is 11.6 Å². The second kappa shape index (κ2) is 3.37. The zero-order valence-electron chi connectivity index (χ0n) is 8.91. The molecule has 3 aliphatic carbocycles. The fraction of sp³-hybridized carbons (Fsp3) is 0.846. The molecule has 0 spiro atoms. The van der Waals surface area contributed by atoms with Gasteiger partial charge >= 0.3 is 0 Å². The van der Waals surface area contributed by atoms with Gasteiger partial charge in [-0.2, -0.15) is 0 Å². The third kappa shape index (κ3) is 1.52. The summed E-state index contributed by atoms with van der Waals surface area (Å²) in [5.41, 5.74) is 7.50. The van der Waals surface area contributed by atoms with Crippen molar-refractivity contribution in [2.24, 2.45) is 29.4 Å². The lowest BCUT2D eigenvalue weighted by Crippen LogP contribution is -2.37. The van der Waals surface area contributed by atoms with Crippen molar-refractivity contribution >= 4 is 0 Å². The van der Waals surface area contributed by atoms with Crippen LogP contribution in [0.5, 0.6) is 0 Å². The van der Waals surface area contributed by atoms with Crippen LogP contribution in [0.2, 0.25) is 0 Å². The monoisotopic (exact) mass is 191 g/mol. The molecule has 14 heavy (non-hydrogen) atoms. The molecule has 3 aliphatic rings. The average molecular weight is 191 g/mol. The quantitative estimate of drug-likeness (QED) is 0.679. The number of allylic oxidation sites excluding steroid dienone is 2. The van der Waals surface area contributed by atoms with Gasteiger partial charge < -0.3 is 5.73 Å². The minimum atomic E-state index is 0.832. The molecule has 78 valence electrons. The number of nitrogens with two attached hydrogens (primary N) is 1. The van der Waals surface area contributed by atoms with Crippen molar-refractivity contribution in [3.63, 3.8) is 0 Å². The highest BCUT2D eigenvalue weighted by molar-refractivity contribution is 5.19. The molecule has 0 aromatic heterocycles. The summed E-state index contributed by atoms with van der Waals surface area (Å²) in [5.74, 6) is 3.81. The minimum absolute atomic E-state index is 0.832. The van der Waals surface area contributed by atoms with Crippen LogP contribution in [0.4, 0.5) is 0 Å². The Kier molecular flexibility index (Phi) is 2.16. The van der Waals surface area contributed by atoms with Gasteiger partial charge in [0, 0.05) is 0 Å². The Morgan fingerprint density at radius 2 is 2.21 bits per heavy atom. The predicted molar refractivity (Wildman–Crippen MR) is 58.8 cm³/mol. The zero-order chi connectivity index (χ0) is 9.54. The van der Waals surface area contributed by atoms with E-state index in [0.717, 1.165) is 30.2 Å². The van der Waals surface area contributed by atoms with Gasteiger partial charge in [-0.3, -0.25) is 0 Å². The molecule has 0 amide bonds. The number of fused-ring (bicyclic) bond motifs is 1. The van der Waals surface area contributed by atoms with Crippen LogP contribution in [0.3, 0.4) is 0 Å². The molecule has 0 bridgehead atoms. The van der Waals surface area contributed by atoms with E-state index >= 15 is 0 Å². The maximum atomic E-state index is 5.74. The second-order valence-corrected chi connectivity index (χ2v) is 5.58. The Hall–Kier alpha value is -0.300. The molecule has 0 heterocycles. The summed E-state index contributed by atoms with van der Waals surface area (Å²) in [6, 6.07) is 0. The molecule has 1 nitrogen and oxygen atoms in total. The van der Waals surface area contributed by atoms with Gasteiger partial charge in [-0.05, 0) is 55.9 Å². The number of hydrogen-bond donors (Lipinski definition) is 1. The van der Waals surface area contributed by atoms with Crippen LogP contribution >= 0.6 is 0 Å². The average Bonchev–Trinajstić information content (AvgIpc) is 2.93. The molecule has 0 aromatic carbocycles. The fourth-order valence-electron chi connectivity index (χ4n) is 3.30. The largest absolute Gasteiger partial charge is 0.330 e. The topological polar surface area (TPSA) is 26.0 Å². The first-order chi connectivity index (χ1) is 6.86. The zero-order valence-corrected chi connectivity index (χ0v) is 8.91. The molecule has 1 heteroatoms. The van der Waals surface area contributed by atoms with Crippen LogP contribution in [0.1, 0.15) is 38.5 Å². The summed E-state index contributed by atoms with van der Waals surface area (Å²) in [6.45, 7) is 0.910. The van der Waals surface area contributed by atoms with Crippen molar-refractivity contribution < 1.29 is 0 Å². The highest BCUT2D eigenvalue weighted by atomic mass is 14.6. The molecule has 3 atom stereocenters. The first-order valence-corrected chi connectivity index (χ1v) is 6.26. The lowest BCUT2D eigenvalue weighted by molar-refractivity contribution is 0.136. The van der Waals surface area contributed by atoms with Crippen molar-refractivity contribution in [2.45, 2.75) is 38.5 Å². The van der Waals surface area contributed by atoms with Crippen LogP contribution < -0.4 is 5.73 Å². The van der Waals surface area contributed by atoms with Crippen molar-refractivity contribution in [1.82, 2.24) is 0 Å². The smallest absolute Gasteiger partial charge is 0.00430 e. The molecule has 3 rings (SSSR count). The Morgan fingerprint density at radius 3 is 2.93 bits per heavy atom. The molecule has 2 saturated carbocycles. The molecular weight excluding hydrogens is 170 g/mol. The van der Waals surface area contributed by atoms with Gasteiger partial charge in [-0.1, -0.05) is 24.5 Å². The molecule has 0 aromatic rings. The first-order valence-electron chi connectivity index (χ1n) is 6.26. The number of hydrogen-bond acceptors (Lipinski definition) is 1. The van der Waals surface area contributed by atoms with E-state index in [2.05, 4.69) is 6.08 Å². The van der Waals surface area contributed by atoms with Gasteiger partial charge in [0.05, 0.1) is 0 Å². The third-order valence-electron chi connectivity index (χ3n) is 4.52. The second-order valence-electron chi connectivity index (χ2n) is 5.58. The summed E-state index contributed by atoms with van der Waals surface area (Å²) in [4.78, 5) is 0. The molecule has 2 N–H and O–H groups in total. The maximum Gasteiger partial charge on any atom is -0.00430 e. The summed E-state index contributed by atoms with van der Waals surface area (Å²) >= 11 is 0. The van der Waals surface area contributed by atoms with Crippen LogP contribution in [0, 0.1) is 23.7 Å². The van der Waals surface area contributed by atoms with Crippen molar-refractivity contribution in [3.8, 4) is 0 Å². The normalized spacial score (nSPS) is 40.4. The summed E-state index contributed by atoms with van der Waals surface area (Å²) in [6.07, 6.45) is 11.3. The van der Waals surface area contributed by atoms with E-state index in [1.54, 1.807) is 5.57 Å². The number of rotatable bonds is 4. The highest BCUT2D eigenvalue weighted by Crippen LogP contribution is 2.50. The lowest BCUT2D eigenvalue weighted by atomic mass is 9.66.